The van der Waals surface area contributed by atoms with Gasteiger partial charge in [0.1, 0.15) is 0 Å². The Morgan fingerprint density at radius 2 is 1.64 bits per heavy atom. The lowest BCUT2D eigenvalue weighted by atomic mass is 10.2. The number of amides is 1. The Morgan fingerprint density at radius 3 is 2.30 bits per heavy atom. The molecule has 0 spiro atoms. The fraction of sp³-hybridized carbons (Fsp3) is 0.280. The molecule has 1 saturated heterocycles. The van der Waals surface area contributed by atoms with Crippen molar-refractivity contribution in [2.45, 2.75) is 20.3 Å². The third-order valence-electron chi connectivity index (χ3n) is 5.93. The molecule has 8 heteroatoms. The second kappa shape index (κ2) is 8.90. The predicted molar refractivity (Wildman–Crippen MR) is 126 cm³/mol. The van der Waals surface area contributed by atoms with Gasteiger partial charge in [-0.2, -0.15) is 10.1 Å². The zero-order valence-corrected chi connectivity index (χ0v) is 18.8. The first kappa shape index (κ1) is 20.9. The average molecular weight is 443 g/mol. The van der Waals surface area contributed by atoms with E-state index in [2.05, 4.69) is 51.3 Å². The number of piperazine rings is 1. The molecular formula is C25H26N6O2. The molecule has 3 heterocycles. The molecule has 33 heavy (non-hydrogen) atoms. The van der Waals surface area contributed by atoms with Gasteiger partial charge in [-0.15, -0.1) is 0 Å². The van der Waals surface area contributed by atoms with Gasteiger partial charge in [0.05, 0.1) is 5.69 Å². The predicted octanol–water partition coefficient (Wildman–Crippen LogP) is 3.76. The Hall–Kier alpha value is -3.94. The van der Waals surface area contributed by atoms with E-state index in [9.17, 15) is 4.79 Å². The van der Waals surface area contributed by atoms with Crippen LogP contribution in [0.15, 0.2) is 65.3 Å². The van der Waals surface area contributed by atoms with Crippen LogP contribution in [-0.2, 0) is 6.42 Å². The van der Waals surface area contributed by atoms with Crippen LogP contribution >= 0.6 is 0 Å². The van der Waals surface area contributed by atoms with E-state index in [0.717, 1.165) is 24.3 Å². The average Bonchev–Trinajstić information content (AvgIpc) is 3.55. The number of hydrogen-bond donors (Lipinski definition) is 0. The van der Waals surface area contributed by atoms with Gasteiger partial charge in [0.2, 0.25) is 11.7 Å². The molecule has 2 aromatic carbocycles. The molecule has 0 unspecified atom stereocenters. The van der Waals surface area contributed by atoms with Crippen molar-refractivity contribution in [1.29, 1.82) is 0 Å². The summed E-state index contributed by atoms with van der Waals surface area (Å²) in [7, 11) is 0. The van der Waals surface area contributed by atoms with Crippen LogP contribution in [0.1, 0.15) is 28.9 Å². The highest BCUT2D eigenvalue weighted by Gasteiger charge is 2.24. The molecule has 0 aliphatic carbocycles. The number of nitrogens with zero attached hydrogens (tertiary/aromatic N) is 6. The second-order valence-electron chi connectivity index (χ2n) is 8.17. The number of carbonyl (C=O) groups is 1. The van der Waals surface area contributed by atoms with Crippen molar-refractivity contribution in [3.63, 3.8) is 0 Å². The first-order chi connectivity index (χ1) is 16.1. The summed E-state index contributed by atoms with van der Waals surface area (Å²) >= 11 is 0. The summed E-state index contributed by atoms with van der Waals surface area (Å²) in [5.74, 6) is 1.15. The van der Waals surface area contributed by atoms with Crippen LogP contribution in [0.5, 0.6) is 0 Å². The molecule has 5 rings (SSSR count). The minimum Gasteiger partial charge on any atom is -0.368 e. The zero-order chi connectivity index (χ0) is 22.8. The number of anilines is 1. The van der Waals surface area contributed by atoms with Crippen LogP contribution in [0.2, 0.25) is 0 Å². The monoisotopic (exact) mass is 442 g/mol. The van der Waals surface area contributed by atoms with Crippen molar-refractivity contribution in [2.75, 3.05) is 31.1 Å². The van der Waals surface area contributed by atoms with E-state index in [1.165, 1.54) is 11.3 Å². The molecule has 1 amide bonds. The largest absolute Gasteiger partial charge is 0.368 e. The normalized spacial score (nSPS) is 14.0. The maximum absolute atomic E-state index is 13.0. The fourth-order valence-corrected chi connectivity index (χ4v) is 3.95. The molecular weight excluding hydrogens is 416 g/mol. The van der Waals surface area contributed by atoms with E-state index in [4.69, 9.17) is 4.52 Å². The maximum atomic E-state index is 13.0. The number of aromatic nitrogens is 4. The molecule has 1 aliphatic rings. The highest BCUT2D eigenvalue weighted by atomic mass is 16.5. The molecule has 0 atom stereocenters. The SMILES string of the molecule is CCc1nc(-c2ccc(-n3ccc(C(=O)N4CCN(c5ccc(C)cc5)CC4)n3)cc2)no1. The lowest BCUT2D eigenvalue weighted by Crippen LogP contribution is -2.48. The summed E-state index contributed by atoms with van der Waals surface area (Å²) in [5, 5.41) is 8.53. The lowest BCUT2D eigenvalue weighted by Gasteiger charge is -2.35. The van der Waals surface area contributed by atoms with Gasteiger partial charge in [-0.3, -0.25) is 4.79 Å². The standard InChI is InChI=1S/C25H26N6O2/c1-3-23-26-24(28-33-23)19-6-10-21(11-7-19)31-13-12-22(27-31)25(32)30-16-14-29(15-17-30)20-8-4-18(2)5-9-20/h4-13H,3,14-17H2,1-2H3. The smallest absolute Gasteiger partial charge is 0.274 e. The number of aryl methyl sites for hydroxylation is 2. The summed E-state index contributed by atoms with van der Waals surface area (Å²) < 4.78 is 6.90. The first-order valence-electron chi connectivity index (χ1n) is 11.2. The summed E-state index contributed by atoms with van der Waals surface area (Å²) in [6, 6.07) is 18.0. The Morgan fingerprint density at radius 1 is 0.939 bits per heavy atom. The number of benzene rings is 2. The Bertz CT molecular complexity index is 1230. The highest BCUT2D eigenvalue weighted by molar-refractivity contribution is 5.92. The van der Waals surface area contributed by atoms with Crippen LogP contribution in [-0.4, -0.2) is 56.9 Å². The summed E-state index contributed by atoms with van der Waals surface area (Å²) in [5.41, 5.74) is 4.64. The second-order valence-corrected chi connectivity index (χ2v) is 8.17. The van der Waals surface area contributed by atoms with Crippen molar-refractivity contribution in [3.8, 4) is 17.1 Å². The third-order valence-corrected chi connectivity index (χ3v) is 5.93. The van der Waals surface area contributed by atoms with Crippen LogP contribution in [0.3, 0.4) is 0 Å². The van der Waals surface area contributed by atoms with Gasteiger partial charge in [0.15, 0.2) is 5.69 Å². The van der Waals surface area contributed by atoms with E-state index < -0.39 is 0 Å². The molecule has 8 nitrogen and oxygen atoms in total. The number of carbonyl (C=O) groups excluding carboxylic acids is 1. The topological polar surface area (TPSA) is 80.3 Å². The Labute approximate surface area is 192 Å². The van der Waals surface area contributed by atoms with Crippen molar-refractivity contribution in [2.24, 2.45) is 0 Å². The maximum Gasteiger partial charge on any atom is 0.274 e. The minimum atomic E-state index is -0.0344. The minimum absolute atomic E-state index is 0.0344. The zero-order valence-electron chi connectivity index (χ0n) is 18.8. The number of hydrogen-bond acceptors (Lipinski definition) is 6. The molecule has 1 fully saturated rings. The molecule has 2 aromatic heterocycles. The quantitative estimate of drug-likeness (QED) is 0.468. The van der Waals surface area contributed by atoms with Crippen LogP contribution in [0.4, 0.5) is 5.69 Å². The fourth-order valence-electron chi connectivity index (χ4n) is 3.95. The Kier molecular flexibility index (Phi) is 5.64. The van der Waals surface area contributed by atoms with Crippen molar-refractivity contribution < 1.29 is 9.32 Å². The number of rotatable bonds is 5. The van der Waals surface area contributed by atoms with E-state index in [0.29, 0.717) is 36.9 Å². The molecule has 0 saturated carbocycles. The summed E-state index contributed by atoms with van der Waals surface area (Å²) in [4.78, 5) is 21.6. The van der Waals surface area contributed by atoms with Gasteiger partial charge in [-0.05, 0) is 49.4 Å². The van der Waals surface area contributed by atoms with Gasteiger partial charge >= 0.3 is 0 Å². The molecule has 1 aliphatic heterocycles. The van der Waals surface area contributed by atoms with Crippen molar-refractivity contribution >= 4 is 11.6 Å². The molecule has 4 aromatic rings. The van der Waals surface area contributed by atoms with Crippen LogP contribution in [0, 0.1) is 6.92 Å². The first-order valence-corrected chi connectivity index (χ1v) is 11.2. The molecule has 0 radical (unpaired) electrons. The van der Waals surface area contributed by atoms with Gasteiger partial charge in [0, 0.05) is 50.0 Å². The van der Waals surface area contributed by atoms with Crippen LogP contribution < -0.4 is 4.90 Å². The van der Waals surface area contributed by atoms with Crippen molar-refractivity contribution in [3.05, 3.63) is 77.9 Å². The van der Waals surface area contributed by atoms with E-state index >= 15 is 0 Å². The van der Waals surface area contributed by atoms with E-state index in [-0.39, 0.29) is 5.91 Å². The van der Waals surface area contributed by atoms with Gasteiger partial charge in [0.25, 0.3) is 5.91 Å². The lowest BCUT2D eigenvalue weighted by molar-refractivity contribution is 0.0740. The molecule has 168 valence electrons. The Balaban J connectivity index is 1.23. The molecule has 0 N–H and O–H groups in total. The van der Waals surface area contributed by atoms with Gasteiger partial charge < -0.3 is 14.3 Å². The summed E-state index contributed by atoms with van der Waals surface area (Å²) in [6.07, 6.45) is 2.52. The van der Waals surface area contributed by atoms with Crippen LogP contribution in [0.25, 0.3) is 17.1 Å². The van der Waals surface area contributed by atoms with E-state index in [1.807, 2.05) is 42.3 Å². The summed E-state index contributed by atoms with van der Waals surface area (Å²) in [6.45, 7) is 7.04. The highest BCUT2D eigenvalue weighted by Crippen LogP contribution is 2.20. The molecule has 0 bridgehead atoms. The van der Waals surface area contributed by atoms with Crippen molar-refractivity contribution in [1.82, 2.24) is 24.8 Å². The van der Waals surface area contributed by atoms with E-state index in [1.54, 1.807) is 10.7 Å². The van der Waals surface area contributed by atoms with Gasteiger partial charge in [-0.1, -0.05) is 29.8 Å². The van der Waals surface area contributed by atoms with Gasteiger partial charge in [-0.25, -0.2) is 4.68 Å². The third kappa shape index (κ3) is 4.37.